The van der Waals surface area contributed by atoms with Crippen molar-refractivity contribution in [2.45, 2.75) is 46.2 Å². The van der Waals surface area contributed by atoms with Crippen LogP contribution < -0.4 is 10.1 Å². The van der Waals surface area contributed by atoms with Gasteiger partial charge < -0.3 is 10.1 Å². The molecule has 0 fully saturated rings. The topological polar surface area (TPSA) is 34.1 Å². The predicted molar refractivity (Wildman–Crippen MR) is 71.2 cm³/mol. The number of nitrogens with one attached hydrogen (secondary N) is 1. The van der Waals surface area contributed by atoms with E-state index < -0.39 is 0 Å². The Morgan fingerprint density at radius 3 is 2.76 bits per heavy atom. The fraction of sp³-hybridized carbons (Fsp3) is 0.643. The maximum absolute atomic E-state index is 5.10. The summed E-state index contributed by atoms with van der Waals surface area (Å²) in [5.41, 5.74) is 1.03. The molecule has 0 aliphatic carbocycles. The fourth-order valence-corrected chi connectivity index (χ4v) is 1.80. The second-order valence-corrected chi connectivity index (χ2v) is 4.70. The van der Waals surface area contributed by atoms with E-state index in [9.17, 15) is 0 Å². The predicted octanol–water partition coefficient (Wildman–Crippen LogP) is 3.00. The molecular formula is C14H24N2O. The van der Waals surface area contributed by atoms with Crippen LogP contribution in [0, 0.1) is 5.92 Å². The quantitative estimate of drug-likeness (QED) is 0.790. The number of ether oxygens (including phenoxy) is 1. The van der Waals surface area contributed by atoms with Crippen LogP contribution in [0.25, 0.3) is 0 Å². The van der Waals surface area contributed by atoms with Gasteiger partial charge in [0.05, 0.1) is 12.8 Å². The molecule has 0 saturated heterocycles. The van der Waals surface area contributed by atoms with E-state index in [-0.39, 0.29) is 0 Å². The van der Waals surface area contributed by atoms with E-state index in [4.69, 9.17) is 4.74 Å². The molecule has 0 aliphatic rings. The Balaban J connectivity index is 2.38. The lowest BCUT2D eigenvalue weighted by Crippen LogP contribution is -2.27. The molecule has 1 N–H and O–H groups in total. The van der Waals surface area contributed by atoms with Crippen molar-refractivity contribution in [3.8, 4) is 5.88 Å². The number of hydrogen-bond donors (Lipinski definition) is 1. The lowest BCUT2D eigenvalue weighted by atomic mass is 10.0. The molecule has 1 aromatic rings. The van der Waals surface area contributed by atoms with Crippen molar-refractivity contribution in [2.75, 3.05) is 7.11 Å². The summed E-state index contributed by atoms with van der Waals surface area (Å²) >= 11 is 0. The monoisotopic (exact) mass is 236 g/mol. The zero-order valence-electron chi connectivity index (χ0n) is 11.4. The van der Waals surface area contributed by atoms with Crippen molar-refractivity contribution in [2.24, 2.45) is 5.92 Å². The molecule has 3 nitrogen and oxygen atoms in total. The summed E-state index contributed by atoms with van der Waals surface area (Å²) in [5, 5.41) is 3.50. The third-order valence-electron chi connectivity index (χ3n) is 3.07. The van der Waals surface area contributed by atoms with E-state index >= 15 is 0 Å². The van der Waals surface area contributed by atoms with Gasteiger partial charge in [0.15, 0.2) is 0 Å². The average molecular weight is 236 g/mol. The van der Waals surface area contributed by atoms with Crippen LogP contribution in [0.15, 0.2) is 18.2 Å². The van der Waals surface area contributed by atoms with Crippen molar-refractivity contribution in [1.29, 1.82) is 0 Å². The maximum atomic E-state index is 5.10. The molecule has 2 atom stereocenters. The Morgan fingerprint density at radius 2 is 2.12 bits per heavy atom. The summed E-state index contributed by atoms with van der Waals surface area (Å²) in [7, 11) is 1.64. The standard InChI is InChI=1S/C14H24N2O/c1-5-11(2)9-12(3)15-10-13-7-6-8-14(16-13)17-4/h6-8,11-12,15H,5,9-10H2,1-4H3. The van der Waals surface area contributed by atoms with Crippen molar-refractivity contribution in [1.82, 2.24) is 10.3 Å². The molecule has 0 bridgehead atoms. The Hall–Kier alpha value is -1.09. The normalized spacial score (nSPS) is 14.4. The lowest BCUT2D eigenvalue weighted by molar-refractivity contribution is 0.390. The average Bonchev–Trinajstić information content (AvgIpc) is 2.36. The summed E-state index contributed by atoms with van der Waals surface area (Å²) in [5.74, 6) is 1.45. The van der Waals surface area contributed by atoms with Gasteiger partial charge >= 0.3 is 0 Å². The number of rotatable bonds is 7. The van der Waals surface area contributed by atoms with Gasteiger partial charge in [-0.25, -0.2) is 4.98 Å². The second-order valence-electron chi connectivity index (χ2n) is 4.70. The van der Waals surface area contributed by atoms with Gasteiger partial charge in [0.25, 0.3) is 0 Å². The van der Waals surface area contributed by atoms with E-state index in [0.29, 0.717) is 11.9 Å². The van der Waals surface area contributed by atoms with E-state index in [1.807, 2.05) is 18.2 Å². The Kier molecular flexibility index (Phi) is 5.98. The summed E-state index contributed by atoms with van der Waals surface area (Å²) in [6, 6.07) is 6.39. The van der Waals surface area contributed by atoms with Crippen LogP contribution in [0.1, 0.15) is 39.3 Å². The highest BCUT2D eigenvalue weighted by molar-refractivity contribution is 5.15. The minimum atomic E-state index is 0.526. The second kappa shape index (κ2) is 7.28. The molecule has 0 radical (unpaired) electrons. The van der Waals surface area contributed by atoms with Crippen molar-refractivity contribution in [3.05, 3.63) is 23.9 Å². The van der Waals surface area contributed by atoms with E-state index in [0.717, 1.165) is 18.2 Å². The third-order valence-corrected chi connectivity index (χ3v) is 3.07. The largest absolute Gasteiger partial charge is 0.481 e. The van der Waals surface area contributed by atoms with Crippen LogP contribution in [0.2, 0.25) is 0 Å². The van der Waals surface area contributed by atoms with Crippen LogP contribution in [-0.2, 0) is 6.54 Å². The number of aromatic nitrogens is 1. The Labute approximate surface area is 105 Å². The molecule has 1 rings (SSSR count). The van der Waals surface area contributed by atoms with Gasteiger partial charge in [0.1, 0.15) is 0 Å². The first-order valence-electron chi connectivity index (χ1n) is 6.39. The molecular weight excluding hydrogens is 212 g/mol. The molecule has 2 unspecified atom stereocenters. The zero-order valence-corrected chi connectivity index (χ0v) is 11.4. The van der Waals surface area contributed by atoms with Gasteiger partial charge in [0, 0.05) is 18.7 Å². The molecule has 3 heteroatoms. The van der Waals surface area contributed by atoms with Crippen molar-refractivity contribution < 1.29 is 4.74 Å². The molecule has 0 saturated carbocycles. The molecule has 1 aromatic heterocycles. The first kappa shape index (κ1) is 14.0. The fourth-order valence-electron chi connectivity index (χ4n) is 1.80. The smallest absolute Gasteiger partial charge is 0.213 e. The first-order valence-corrected chi connectivity index (χ1v) is 6.39. The van der Waals surface area contributed by atoms with Gasteiger partial charge in [0.2, 0.25) is 5.88 Å². The minimum absolute atomic E-state index is 0.526. The van der Waals surface area contributed by atoms with E-state index in [2.05, 4.69) is 31.1 Å². The summed E-state index contributed by atoms with van der Waals surface area (Å²) < 4.78 is 5.10. The highest BCUT2D eigenvalue weighted by Gasteiger charge is 2.07. The summed E-state index contributed by atoms with van der Waals surface area (Å²) in [4.78, 5) is 4.38. The lowest BCUT2D eigenvalue weighted by Gasteiger charge is -2.17. The molecule has 0 aromatic carbocycles. The van der Waals surface area contributed by atoms with Gasteiger partial charge in [-0.15, -0.1) is 0 Å². The van der Waals surface area contributed by atoms with Gasteiger partial charge in [-0.1, -0.05) is 26.3 Å². The Morgan fingerprint density at radius 1 is 1.35 bits per heavy atom. The van der Waals surface area contributed by atoms with Gasteiger partial charge in [-0.3, -0.25) is 0 Å². The van der Waals surface area contributed by atoms with Crippen LogP contribution >= 0.6 is 0 Å². The number of hydrogen-bond acceptors (Lipinski definition) is 3. The van der Waals surface area contributed by atoms with Crippen LogP contribution in [0.3, 0.4) is 0 Å². The van der Waals surface area contributed by atoms with Gasteiger partial charge in [-0.05, 0) is 25.3 Å². The van der Waals surface area contributed by atoms with Gasteiger partial charge in [-0.2, -0.15) is 0 Å². The first-order chi connectivity index (χ1) is 8.15. The molecule has 96 valence electrons. The van der Waals surface area contributed by atoms with Crippen LogP contribution in [-0.4, -0.2) is 18.1 Å². The molecule has 1 heterocycles. The molecule has 0 spiro atoms. The number of pyridine rings is 1. The SMILES string of the molecule is CCC(C)CC(C)NCc1cccc(OC)n1. The zero-order chi connectivity index (χ0) is 12.7. The van der Waals surface area contributed by atoms with Crippen molar-refractivity contribution in [3.63, 3.8) is 0 Å². The molecule has 0 aliphatic heterocycles. The minimum Gasteiger partial charge on any atom is -0.481 e. The van der Waals surface area contributed by atoms with Crippen LogP contribution in [0.4, 0.5) is 0 Å². The molecule has 0 amide bonds. The van der Waals surface area contributed by atoms with E-state index in [1.165, 1.54) is 12.8 Å². The van der Waals surface area contributed by atoms with Crippen LogP contribution in [0.5, 0.6) is 5.88 Å². The maximum Gasteiger partial charge on any atom is 0.213 e. The van der Waals surface area contributed by atoms with Crippen molar-refractivity contribution >= 4 is 0 Å². The number of nitrogens with zero attached hydrogens (tertiary/aromatic N) is 1. The Bertz CT molecular complexity index is 328. The molecule has 17 heavy (non-hydrogen) atoms. The van der Waals surface area contributed by atoms with E-state index in [1.54, 1.807) is 7.11 Å². The summed E-state index contributed by atoms with van der Waals surface area (Å²) in [6.45, 7) is 7.56. The number of methoxy groups -OCH3 is 1. The highest BCUT2D eigenvalue weighted by atomic mass is 16.5. The summed E-state index contributed by atoms with van der Waals surface area (Å²) in [6.07, 6.45) is 2.45. The highest BCUT2D eigenvalue weighted by Crippen LogP contribution is 2.10. The third kappa shape index (κ3) is 5.18.